The second-order valence-corrected chi connectivity index (χ2v) is 10.1. The maximum absolute atomic E-state index is 3.76. The first-order valence-corrected chi connectivity index (χ1v) is 12.1. The third-order valence-corrected chi connectivity index (χ3v) is 9.98. The molecule has 0 nitrogen and oxygen atoms in total. The van der Waals surface area contributed by atoms with Gasteiger partial charge in [-0.2, -0.15) is 23.5 Å². The molecule has 0 aromatic carbocycles. The van der Waals surface area contributed by atoms with Gasteiger partial charge in [0.15, 0.2) is 0 Å². The van der Waals surface area contributed by atoms with Gasteiger partial charge in [-0.1, -0.05) is 32.1 Å². The largest absolute Gasteiger partial charge is 0.156 e. The molecule has 2 heterocycles. The summed E-state index contributed by atoms with van der Waals surface area (Å²) in [5.41, 5.74) is 0. The Morgan fingerprint density at radius 3 is 1.45 bits per heavy atom. The molecule has 0 fully saturated rings. The molecule has 0 atom stereocenters. The Balaban J connectivity index is 1.93. The molecule has 0 radical (unpaired) electrons. The van der Waals surface area contributed by atoms with Crippen molar-refractivity contribution in [2.45, 2.75) is 56.5 Å². The van der Waals surface area contributed by atoms with Crippen LogP contribution in [0.4, 0.5) is 0 Å². The van der Waals surface area contributed by atoms with Gasteiger partial charge in [-0.05, 0) is 56.2 Å². The summed E-state index contributed by atoms with van der Waals surface area (Å²) in [6, 6.07) is 0. The average molecular weight is 458 g/mol. The molecular formula is C15H22Br2S3. The highest BCUT2D eigenvalue weighted by atomic mass is 79.9. The van der Waals surface area contributed by atoms with Gasteiger partial charge in [-0.15, -0.1) is 11.3 Å². The van der Waals surface area contributed by atoms with E-state index in [1.165, 1.54) is 75.2 Å². The number of rotatable bonds is 0. The molecule has 2 rings (SSSR count). The summed E-state index contributed by atoms with van der Waals surface area (Å²) < 4.78 is 2.60. The minimum atomic E-state index is 1.16. The third kappa shape index (κ3) is 5.86. The zero-order chi connectivity index (χ0) is 14.2. The Morgan fingerprint density at radius 1 is 0.600 bits per heavy atom. The van der Waals surface area contributed by atoms with E-state index in [9.17, 15) is 0 Å². The Bertz CT molecular complexity index is 370. The van der Waals surface area contributed by atoms with E-state index in [-0.39, 0.29) is 0 Å². The molecule has 0 saturated heterocycles. The first-order chi connectivity index (χ1) is 9.79. The van der Waals surface area contributed by atoms with Gasteiger partial charge < -0.3 is 0 Å². The summed E-state index contributed by atoms with van der Waals surface area (Å²) in [6.07, 6.45) is 9.93. The van der Waals surface area contributed by atoms with Crippen LogP contribution < -0.4 is 0 Å². The van der Waals surface area contributed by atoms with Crippen LogP contribution in [0.25, 0.3) is 0 Å². The standard InChI is InChI=1S/C15H22Br2S3/c16-14-12-10-18-8-6-4-2-1-3-5-7-9-19-11-13(20-12)15(14)17/h1-11H2. The summed E-state index contributed by atoms with van der Waals surface area (Å²) in [4.78, 5) is 3.01. The lowest BCUT2D eigenvalue weighted by Gasteiger charge is -2.04. The van der Waals surface area contributed by atoms with Crippen LogP contribution in [0.1, 0.15) is 54.7 Å². The van der Waals surface area contributed by atoms with Gasteiger partial charge >= 0.3 is 0 Å². The topological polar surface area (TPSA) is 0 Å². The average Bonchev–Trinajstić information content (AvgIpc) is 2.71. The minimum absolute atomic E-state index is 1.16. The molecule has 0 aliphatic carbocycles. The van der Waals surface area contributed by atoms with Crippen molar-refractivity contribution in [3.8, 4) is 0 Å². The molecule has 0 amide bonds. The predicted molar refractivity (Wildman–Crippen MR) is 104 cm³/mol. The zero-order valence-electron chi connectivity index (χ0n) is 11.8. The zero-order valence-corrected chi connectivity index (χ0v) is 17.4. The van der Waals surface area contributed by atoms with Gasteiger partial charge in [0, 0.05) is 30.2 Å². The molecule has 0 N–H and O–H groups in total. The first-order valence-electron chi connectivity index (χ1n) is 7.40. The van der Waals surface area contributed by atoms with Crippen LogP contribution >= 0.6 is 66.7 Å². The predicted octanol–water partition coefficient (Wildman–Crippen LogP) is 7.48. The van der Waals surface area contributed by atoms with Crippen molar-refractivity contribution in [3.05, 3.63) is 18.7 Å². The quantitative estimate of drug-likeness (QED) is 0.395. The molecule has 114 valence electrons. The molecule has 20 heavy (non-hydrogen) atoms. The minimum Gasteiger partial charge on any atom is -0.156 e. The monoisotopic (exact) mass is 456 g/mol. The summed E-state index contributed by atoms with van der Waals surface area (Å²) in [6.45, 7) is 0. The van der Waals surface area contributed by atoms with Gasteiger partial charge in [0.1, 0.15) is 0 Å². The smallest absolute Gasteiger partial charge is 0.0468 e. The molecule has 0 spiro atoms. The fourth-order valence-electron chi connectivity index (χ4n) is 2.29. The van der Waals surface area contributed by atoms with Crippen LogP contribution in [0.2, 0.25) is 0 Å². The van der Waals surface area contributed by atoms with E-state index in [2.05, 4.69) is 55.4 Å². The lowest BCUT2D eigenvalue weighted by atomic mass is 10.1. The highest BCUT2D eigenvalue weighted by Gasteiger charge is 2.14. The molecule has 1 aliphatic heterocycles. The normalized spacial score (nSPS) is 19.9. The molecule has 1 aromatic rings. The van der Waals surface area contributed by atoms with Crippen molar-refractivity contribution in [2.75, 3.05) is 11.5 Å². The molecule has 1 aliphatic rings. The van der Waals surface area contributed by atoms with Crippen LogP contribution in [0, 0.1) is 0 Å². The van der Waals surface area contributed by atoms with E-state index in [1.54, 1.807) is 0 Å². The second-order valence-electron chi connectivity index (χ2n) is 5.16. The molecular weight excluding hydrogens is 436 g/mol. The Kier molecular flexibility index (Phi) is 9.03. The fourth-order valence-corrected chi connectivity index (χ4v) is 7.59. The van der Waals surface area contributed by atoms with Crippen LogP contribution in [-0.4, -0.2) is 11.5 Å². The number of hydrogen-bond acceptors (Lipinski definition) is 3. The first kappa shape index (κ1) is 17.7. The number of thiophene rings is 1. The van der Waals surface area contributed by atoms with Crippen LogP contribution in [-0.2, 0) is 11.5 Å². The number of thioether (sulfide) groups is 2. The van der Waals surface area contributed by atoms with Gasteiger partial charge in [-0.25, -0.2) is 0 Å². The summed E-state index contributed by atoms with van der Waals surface area (Å²) in [5, 5.41) is 0. The maximum atomic E-state index is 3.76. The van der Waals surface area contributed by atoms with Crippen LogP contribution in [0.5, 0.6) is 0 Å². The lowest BCUT2D eigenvalue weighted by molar-refractivity contribution is 0.605. The summed E-state index contributed by atoms with van der Waals surface area (Å²) in [5.74, 6) is 4.95. The van der Waals surface area contributed by atoms with Crippen molar-refractivity contribution in [2.24, 2.45) is 0 Å². The van der Waals surface area contributed by atoms with E-state index in [1.807, 2.05) is 11.3 Å². The molecule has 1 aromatic heterocycles. The Labute approximate surface area is 152 Å². The van der Waals surface area contributed by atoms with E-state index >= 15 is 0 Å². The second kappa shape index (κ2) is 10.2. The van der Waals surface area contributed by atoms with Gasteiger partial charge in [-0.3, -0.25) is 0 Å². The van der Waals surface area contributed by atoms with Crippen molar-refractivity contribution < 1.29 is 0 Å². The fraction of sp³-hybridized carbons (Fsp3) is 0.733. The molecule has 0 saturated carbocycles. The van der Waals surface area contributed by atoms with E-state index in [0.717, 1.165) is 11.5 Å². The maximum Gasteiger partial charge on any atom is 0.0468 e. The van der Waals surface area contributed by atoms with Crippen molar-refractivity contribution in [1.82, 2.24) is 0 Å². The molecule has 0 unspecified atom stereocenters. The number of hydrogen-bond donors (Lipinski definition) is 0. The van der Waals surface area contributed by atoms with Gasteiger partial charge in [0.25, 0.3) is 0 Å². The van der Waals surface area contributed by atoms with Crippen molar-refractivity contribution in [1.29, 1.82) is 0 Å². The highest BCUT2D eigenvalue weighted by molar-refractivity contribution is 9.13. The molecule has 5 heteroatoms. The Hall–Kier alpha value is 1.36. The van der Waals surface area contributed by atoms with E-state index < -0.39 is 0 Å². The number of halogens is 2. The van der Waals surface area contributed by atoms with Gasteiger partial charge in [0.2, 0.25) is 0 Å². The van der Waals surface area contributed by atoms with Crippen LogP contribution in [0.15, 0.2) is 8.95 Å². The van der Waals surface area contributed by atoms with Crippen molar-refractivity contribution in [3.63, 3.8) is 0 Å². The van der Waals surface area contributed by atoms with Crippen molar-refractivity contribution >= 4 is 66.7 Å². The van der Waals surface area contributed by atoms with E-state index in [4.69, 9.17) is 0 Å². The Morgan fingerprint density at radius 2 is 1.00 bits per heavy atom. The highest BCUT2D eigenvalue weighted by Crippen LogP contribution is 2.41. The van der Waals surface area contributed by atoms with Crippen LogP contribution in [0.3, 0.4) is 0 Å². The third-order valence-electron chi connectivity index (χ3n) is 3.47. The number of fused-ring (bicyclic) bond motifs is 2. The van der Waals surface area contributed by atoms with E-state index in [0.29, 0.717) is 0 Å². The van der Waals surface area contributed by atoms with Gasteiger partial charge in [0.05, 0.1) is 0 Å². The SMILES string of the molecule is Brc1c2sc(c1Br)CSCCCCCCCCCSC2. The summed E-state index contributed by atoms with van der Waals surface area (Å²) in [7, 11) is 0. The lowest BCUT2D eigenvalue weighted by Crippen LogP contribution is -1.86. The molecule has 2 bridgehead atoms. The summed E-state index contributed by atoms with van der Waals surface area (Å²) >= 11 is 13.7.